The molecule has 0 aliphatic rings. The summed E-state index contributed by atoms with van der Waals surface area (Å²) in [6.45, 7) is 0. The van der Waals surface area contributed by atoms with Gasteiger partial charge < -0.3 is 30.4 Å². The van der Waals surface area contributed by atoms with E-state index in [0.717, 1.165) is 0 Å². The number of carbonyl (C=O) groups is 4. The Balaban J connectivity index is 2.60. The Labute approximate surface area is 136 Å². The van der Waals surface area contributed by atoms with Crippen molar-refractivity contribution >= 4 is 46.7 Å². The topological polar surface area (TPSA) is 138 Å². The van der Waals surface area contributed by atoms with E-state index in [9.17, 15) is 29.4 Å². The molecule has 0 fully saturated rings. The van der Waals surface area contributed by atoms with Gasteiger partial charge in [-0.3, -0.25) is 9.59 Å². The molecular formula is C14H13ClN2O6-2. The number of hydrogen-bond donors (Lipinski definition) is 2. The lowest BCUT2D eigenvalue weighted by Crippen LogP contribution is -2.24. The highest BCUT2D eigenvalue weighted by Crippen LogP contribution is 2.25. The molecule has 0 aliphatic heterocycles. The summed E-state index contributed by atoms with van der Waals surface area (Å²) in [6.07, 6.45) is -1.29. The Morgan fingerprint density at radius 1 is 0.870 bits per heavy atom. The maximum atomic E-state index is 11.5. The monoisotopic (exact) mass is 340 g/mol. The van der Waals surface area contributed by atoms with Crippen molar-refractivity contribution in [3.63, 3.8) is 0 Å². The Morgan fingerprint density at radius 3 is 1.87 bits per heavy atom. The van der Waals surface area contributed by atoms with Crippen LogP contribution in [0.1, 0.15) is 25.7 Å². The summed E-state index contributed by atoms with van der Waals surface area (Å²) in [4.78, 5) is 43.5. The minimum absolute atomic E-state index is 0.129. The highest BCUT2D eigenvalue weighted by atomic mass is 35.5. The van der Waals surface area contributed by atoms with Crippen LogP contribution in [0.2, 0.25) is 5.02 Å². The molecule has 0 aliphatic carbocycles. The molecule has 0 spiro atoms. The minimum Gasteiger partial charge on any atom is -0.550 e. The number of anilines is 2. The van der Waals surface area contributed by atoms with E-state index in [-0.39, 0.29) is 23.6 Å². The molecule has 0 radical (unpaired) electrons. The molecule has 23 heavy (non-hydrogen) atoms. The molecule has 0 unspecified atom stereocenters. The number of benzene rings is 1. The summed E-state index contributed by atoms with van der Waals surface area (Å²) in [5.74, 6) is -3.72. The number of amides is 2. The Bertz CT molecular complexity index is 632. The second-order valence-electron chi connectivity index (χ2n) is 4.53. The van der Waals surface area contributed by atoms with Gasteiger partial charge in [-0.25, -0.2) is 0 Å². The summed E-state index contributed by atoms with van der Waals surface area (Å²) < 4.78 is 0. The van der Waals surface area contributed by atoms with E-state index in [1.807, 2.05) is 0 Å². The molecule has 2 amide bonds. The van der Waals surface area contributed by atoms with E-state index in [1.165, 1.54) is 18.2 Å². The molecule has 1 aromatic carbocycles. The SMILES string of the molecule is O=C([O-])CCC(=O)Nc1ccc(NC(=O)CCC(=O)[O-])c(Cl)c1. The zero-order chi connectivity index (χ0) is 17.4. The van der Waals surface area contributed by atoms with Gasteiger partial charge in [-0.2, -0.15) is 0 Å². The quantitative estimate of drug-likeness (QED) is 0.640. The fourth-order valence-corrected chi connectivity index (χ4v) is 1.79. The maximum absolute atomic E-state index is 11.5. The van der Waals surface area contributed by atoms with Crippen LogP contribution in [-0.2, 0) is 19.2 Å². The van der Waals surface area contributed by atoms with E-state index < -0.39 is 36.6 Å². The molecule has 0 heterocycles. The Kier molecular flexibility index (Phi) is 7.01. The molecule has 124 valence electrons. The molecule has 0 bridgehead atoms. The first kappa shape index (κ1) is 18.4. The molecule has 0 saturated carbocycles. The molecule has 8 nitrogen and oxygen atoms in total. The third-order valence-electron chi connectivity index (χ3n) is 2.64. The summed E-state index contributed by atoms with van der Waals surface area (Å²) in [5, 5.41) is 25.5. The van der Waals surface area contributed by atoms with Crippen molar-refractivity contribution in [2.24, 2.45) is 0 Å². The number of nitrogens with one attached hydrogen (secondary N) is 2. The number of aliphatic carboxylic acids is 2. The second kappa shape index (κ2) is 8.74. The molecule has 2 N–H and O–H groups in total. The normalized spacial score (nSPS) is 9.96. The zero-order valence-electron chi connectivity index (χ0n) is 11.9. The van der Waals surface area contributed by atoms with Gasteiger partial charge in [0.15, 0.2) is 0 Å². The number of halogens is 1. The van der Waals surface area contributed by atoms with Gasteiger partial charge in [0.25, 0.3) is 0 Å². The van der Waals surface area contributed by atoms with Gasteiger partial charge in [0.1, 0.15) is 0 Å². The van der Waals surface area contributed by atoms with E-state index in [1.54, 1.807) is 0 Å². The van der Waals surface area contributed by atoms with Gasteiger partial charge in [0.2, 0.25) is 11.8 Å². The number of rotatable bonds is 8. The third-order valence-corrected chi connectivity index (χ3v) is 2.95. The number of carboxylic acids is 2. The molecule has 9 heteroatoms. The van der Waals surface area contributed by atoms with Crippen LogP contribution in [0.15, 0.2) is 18.2 Å². The lowest BCUT2D eigenvalue weighted by molar-refractivity contribution is -0.307. The largest absolute Gasteiger partial charge is 0.550 e. The number of carbonyl (C=O) groups excluding carboxylic acids is 4. The highest BCUT2D eigenvalue weighted by Gasteiger charge is 2.08. The predicted molar refractivity (Wildman–Crippen MR) is 77.2 cm³/mol. The van der Waals surface area contributed by atoms with Crippen LogP contribution in [0.4, 0.5) is 11.4 Å². The van der Waals surface area contributed by atoms with E-state index >= 15 is 0 Å². The van der Waals surface area contributed by atoms with Crippen molar-refractivity contribution in [2.45, 2.75) is 25.7 Å². The number of carboxylic acid groups (broad SMARTS) is 2. The predicted octanol–water partition coefficient (Wildman–Crippen LogP) is -0.723. The lowest BCUT2D eigenvalue weighted by atomic mass is 10.2. The van der Waals surface area contributed by atoms with Crippen LogP contribution < -0.4 is 20.8 Å². The standard InChI is InChI=1S/C14H15ClN2O6/c15-9-7-8(16-11(18)3-5-13(20)21)1-2-10(9)17-12(19)4-6-14(22)23/h1-2,7H,3-6H2,(H,16,18)(H,17,19)(H,20,21)(H,22,23)/p-2. The average molecular weight is 341 g/mol. The molecule has 0 atom stereocenters. The van der Waals surface area contributed by atoms with E-state index in [4.69, 9.17) is 11.6 Å². The fourth-order valence-electron chi connectivity index (χ4n) is 1.56. The van der Waals surface area contributed by atoms with Crippen molar-refractivity contribution in [2.75, 3.05) is 10.6 Å². The first-order chi connectivity index (χ1) is 10.8. The van der Waals surface area contributed by atoms with Crippen LogP contribution in [-0.4, -0.2) is 23.8 Å². The smallest absolute Gasteiger partial charge is 0.224 e. The van der Waals surface area contributed by atoms with Crippen molar-refractivity contribution in [3.05, 3.63) is 23.2 Å². The Morgan fingerprint density at radius 2 is 1.39 bits per heavy atom. The first-order valence-corrected chi connectivity index (χ1v) is 6.94. The lowest BCUT2D eigenvalue weighted by Gasteiger charge is -2.10. The Hall–Kier alpha value is -2.61. The maximum Gasteiger partial charge on any atom is 0.224 e. The first-order valence-electron chi connectivity index (χ1n) is 6.57. The highest BCUT2D eigenvalue weighted by molar-refractivity contribution is 6.34. The van der Waals surface area contributed by atoms with Crippen LogP contribution in [0, 0.1) is 0 Å². The number of hydrogen-bond acceptors (Lipinski definition) is 6. The van der Waals surface area contributed by atoms with Crippen LogP contribution in [0.3, 0.4) is 0 Å². The van der Waals surface area contributed by atoms with Gasteiger partial charge in [-0.05, 0) is 31.0 Å². The van der Waals surface area contributed by atoms with Gasteiger partial charge in [0, 0.05) is 30.5 Å². The summed E-state index contributed by atoms with van der Waals surface area (Å²) >= 11 is 5.95. The van der Waals surface area contributed by atoms with Crippen molar-refractivity contribution in [1.29, 1.82) is 0 Å². The molecular weight excluding hydrogens is 328 g/mol. The summed E-state index contributed by atoms with van der Waals surface area (Å²) in [6, 6.07) is 4.25. The van der Waals surface area contributed by atoms with Crippen molar-refractivity contribution in [1.82, 2.24) is 0 Å². The molecule has 1 aromatic rings. The zero-order valence-corrected chi connectivity index (χ0v) is 12.6. The van der Waals surface area contributed by atoms with Crippen molar-refractivity contribution < 1.29 is 29.4 Å². The van der Waals surface area contributed by atoms with E-state index in [0.29, 0.717) is 5.69 Å². The van der Waals surface area contributed by atoms with Gasteiger partial charge >= 0.3 is 0 Å². The van der Waals surface area contributed by atoms with Crippen molar-refractivity contribution in [3.8, 4) is 0 Å². The molecule has 1 rings (SSSR count). The van der Waals surface area contributed by atoms with Gasteiger partial charge in [0.05, 0.1) is 10.7 Å². The summed E-state index contributed by atoms with van der Waals surface area (Å²) in [5.41, 5.74) is 0.578. The molecule has 0 saturated heterocycles. The minimum atomic E-state index is -1.33. The van der Waals surface area contributed by atoms with Crippen LogP contribution in [0.5, 0.6) is 0 Å². The molecule has 0 aromatic heterocycles. The fraction of sp³-hybridized carbons (Fsp3) is 0.286. The van der Waals surface area contributed by atoms with Crippen LogP contribution in [0.25, 0.3) is 0 Å². The van der Waals surface area contributed by atoms with E-state index in [2.05, 4.69) is 10.6 Å². The summed E-state index contributed by atoms with van der Waals surface area (Å²) in [7, 11) is 0. The average Bonchev–Trinajstić information content (AvgIpc) is 2.46. The van der Waals surface area contributed by atoms with Gasteiger partial charge in [-0.1, -0.05) is 11.6 Å². The third kappa shape index (κ3) is 7.28. The van der Waals surface area contributed by atoms with Gasteiger partial charge in [-0.15, -0.1) is 0 Å². The van der Waals surface area contributed by atoms with Crippen LogP contribution >= 0.6 is 11.6 Å². The second-order valence-corrected chi connectivity index (χ2v) is 4.94.